The standard InChI is InChI=1S/C26H29NO6/c1-7-32-25(29)21-15(4)27-16(5)22(26(30)33-14(2)3)23(21)19-13-20(24(28)31-6)18-12-10-8-9-11-17(18)19/h8-14,23,27H,7H2,1-6H3. The molecule has 7 heteroatoms. The number of carbonyl (C=O) groups is 3. The SMILES string of the molecule is CCOC(=O)C1=C(C)NC(C)=C(C(=O)OC(C)C)C1c1cc(C(=O)OC)c2cccccc1-2. The van der Waals surface area contributed by atoms with Crippen molar-refractivity contribution >= 4 is 17.9 Å². The molecule has 7 nitrogen and oxygen atoms in total. The first-order valence-electron chi connectivity index (χ1n) is 10.9. The highest BCUT2D eigenvalue weighted by Gasteiger charge is 2.40. The van der Waals surface area contributed by atoms with Crippen molar-refractivity contribution in [1.82, 2.24) is 5.32 Å². The zero-order valence-corrected chi connectivity index (χ0v) is 19.8. The van der Waals surface area contributed by atoms with Crippen molar-refractivity contribution in [2.75, 3.05) is 13.7 Å². The van der Waals surface area contributed by atoms with Crippen molar-refractivity contribution in [2.24, 2.45) is 0 Å². The zero-order valence-electron chi connectivity index (χ0n) is 19.8. The highest BCUT2D eigenvalue weighted by Crippen LogP contribution is 2.46. The van der Waals surface area contributed by atoms with Crippen LogP contribution in [0.4, 0.5) is 0 Å². The van der Waals surface area contributed by atoms with Crippen LogP contribution in [-0.4, -0.2) is 37.7 Å². The molecule has 1 atom stereocenters. The molecule has 0 fully saturated rings. The largest absolute Gasteiger partial charge is 0.465 e. The van der Waals surface area contributed by atoms with E-state index in [4.69, 9.17) is 14.2 Å². The molecule has 1 heterocycles. The van der Waals surface area contributed by atoms with E-state index in [0.717, 1.165) is 5.56 Å². The number of hydrogen-bond acceptors (Lipinski definition) is 7. The second kappa shape index (κ2) is 9.90. The predicted octanol–water partition coefficient (Wildman–Crippen LogP) is 4.33. The third-order valence-electron chi connectivity index (χ3n) is 5.47. The Morgan fingerprint density at radius 1 is 0.939 bits per heavy atom. The molecule has 0 bridgehead atoms. The molecule has 3 rings (SSSR count). The van der Waals surface area contributed by atoms with Crippen LogP contribution in [0.15, 0.2) is 58.9 Å². The van der Waals surface area contributed by atoms with Gasteiger partial charge in [-0.1, -0.05) is 30.3 Å². The maximum atomic E-state index is 13.2. The van der Waals surface area contributed by atoms with Gasteiger partial charge in [0.1, 0.15) is 0 Å². The average Bonchev–Trinajstić information content (AvgIpc) is 2.92. The first kappa shape index (κ1) is 24.0. The second-order valence-corrected chi connectivity index (χ2v) is 8.05. The molecular weight excluding hydrogens is 422 g/mol. The Labute approximate surface area is 193 Å². The van der Waals surface area contributed by atoms with Gasteiger partial charge in [-0.15, -0.1) is 0 Å². The fourth-order valence-electron chi connectivity index (χ4n) is 4.20. The lowest BCUT2D eigenvalue weighted by molar-refractivity contribution is -0.143. The minimum atomic E-state index is -0.792. The van der Waals surface area contributed by atoms with Crippen molar-refractivity contribution in [2.45, 2.75) is 46.6 Å². The average molecular weight is 452 g/mol. The highest BCUT2D eigenvalue weighted by molar-refractivity contribution is 6.04. The Hall–Kier alpha value is -3.61. The van der Waals surface area contributed by atoms with Gasteiger partial charge in [0.25, 0.3) is 0 Å². The van der Waals surface area contributed by atoms with E-state index in [-0.39, 0.29) is 12.7 Å². The highest BCUT2D eigenvalue weighted by atomic mass is 16.5. The fraction of sp³-hybridized carbons (Fsp3) is 0.346. The maximum absolute atomic E-state index is 13.2. The summed E-state index contributed by atoms with van der Waals surface area (Å²) in [5.41, 5.74) is 4.12. The molecule has 1 unspecified atom stereocenters. The molecule has 1 aliphatic heterocycles. The topological polar surface area (TPSA) is 90.9 Å². The van der Waals surface area contributed by atoms with Gasteiger partial charge in [0.2, 0.25) is 0 Å². The number of rotatable bonds is 6. The first-order chi connectivity index (χ1) is 15.7. The maximum Gasteiger partial charge on any atom is 0.338 e. The van der Waals surface area contributed by atoms with Gasteiger partial charge in [-0.2, -0.15) is 0 Å². The number of fused-ring (bicyclic) bond motifs is 1. The molecule has 0 aromatic rings. The molecule has 1 N–H and O–H groups in total. The Morgan fingerprint density at radius 2 is 1.55 bits per heavy atom. The summed E-state index contributed by atoms with van der Waals surface area (Å²) in [5.74, 6) is -2.37. The van der Waals surface area contributed by atoms with Crippen molar-refractivity contribution < 1.29 is 28.6 Å². The van der Waals surface area contributed by atoms with Crippen LogP contribution in [-0.2, 0) is 23.8 Å². The van der Waals surface area contributed by atoms with Gasteiger partial charge in [-0.05, 0) is 57.4 Å². The lowest BCUT2D eigenvalue weighted by atomic mass is 9.79. The van der Waals surface area contributed by atoms with Crippen molar-refractivity contribution in [3.63, 3.8) is 0 Å². The minimum absolute atomic E-state index is 0.181. The van der Waals surface area contributed by atoms with E-state index in [1.807, 2.05) is 30.3 Å². The normalized spacial score (nSPS) is 16.0. The molecule has 2 aliphatic carbocycles. The van der Waals surface area contributed by atoms with Crippen LogP contribution < -0.4 is 5.32 Å². The first-order valence-corrected chi connectivity index (χ1v) is 10.9. The summed E-state index contributed by atoms with van der Waals surface area (Å²) in [5, 5.41) is 3.13. The Balaban J connectivity index is 2.33. The van der Waals surface area contributed by atoms with Gasteiger partial charge < -0.3 is 19.5 Å². The van der Waals surface area contributed by atoms with Crippen LogP contribution in [0.2, 0.25) is 0 Å². The van der Waals surface area contributed by atoms with Crippen LogP contribution in [0.3, 0.4) is 0 Å². The number of dihydropyridines is 1. The van der Waals surface area contributed by atoms with Crippen LogP contribution in [0, 0.1) is 0 Å². The van der Waals surface area contributed by atoms with Gasteiger partial charge in [0.15, 0.2) is 0 Å². The van der Waals surface area contributed by atoms with E-state index in [1.165, 1.54) is 7.11 Å². The van der Waals surface area contributed by atoms with E-state index in [2.05, 4.69) is 5.32 Å². The van der Waals surface area contributed by atoms with Crippen LogP contribution >= 0.6 is 0 Å². The van der Waals surface area contributed by atoms with Crippen molar-refractivity contribution in [3.8, 4) is 11.1 Å². The quantitative estimate of drug-likeness (QED) is 0.516. The third-order valence-corrected chi connectivity index (χ3v) is 5.47. The van der Waals surface area contributed by atoms with E-state index in [1.54, 1.807) is 40.7 Å². The number of nitrogens with one attached hydrogen (secondary N) is 1. The van der Waals surface area contributed by atoms with Gasteiger partial charge in [-0.25, -0.2) is 14.4 Å². The molecule has 0 spiro atoms. The number of esters is 3. The molecule has 174 valence electrons. The summed E-state index contributed by atoms with van der Waals surface area (Å²) in [6.07, 6.45) is -0.351. The number of ether oxygens (including phenoxy) is 3. The minimum Gasteiger partial charge on any atom is -0.465 e. The summed E-state index contributed by atoms with van der Waals surface area (Å²) in [6, 6.07) is 10.9. The van der Waals surface area contributed by atoms with Gasteiger partial charge in [0.05, 0.1) is 42.4 Å². The summed E-state index contributed by atoms with van der Waals surface area (Å²) in [6.45, 7) is 8.96. The summed E-state index contributed by atoms with van der Waals surface area (Å²) >= 11 is 0. The van der Waals surface area contributed by atoms with E-state index >= 15 is 0 Å². The van der Waals surface area contributed by atoms with Crippen molar-refractivity contribution in [1.29, 1.82) is 0 Å². The number of carbonyl (C=O) groups excluding carboxylic acids is 3. The molecule has 0 amide bonds. The Bertz CT molecular complexity index is 1130. The van der Waals surface area contributed by atoms with Crippen LogP contribution in [0.5, 0.6) is 0 Å². The number of hydrogen-bond donors (Lipinski definition) is 1. The van der Waals surface area contributed by atoms with Gasteiger partial charge in [-0.3, -0.25) is 0 Å². The molecule has 0 saturated carbocycles. The fourth-order valence-corrected chi connectivity index (χ4v) is 4.20. The number of allylic oxidation sites excluding steroid dienone is 2. The monoisotopic (exact) mass is 451 g/mol. The molecule has 0 aromatic carbocycles. The molecular formula is C26H29NO6. The Morgan fingerprint density at radius 3 is 2.12 bits per heavy atom. The predicted molar refractivity (Wildman–Crippen MR) is 124 cm³/mol. The summed E-state index contributed by atoms with van der Waals surface area (Å²) in [4.78, 5) is 38.9. The molecule has 33 heavy (non-hydrogen) atoms. The molecule has 3 aliphatic rings. The van der Waals surface area contributed by atoms with Gasteiger partial charge in [0, 0.05) is 11.4 Å². The lowest BCUT2D eigenvalue weighted by Crippen LogP contribution is -2.33. The van der Waals surface area contributed by atoms with E-state index in [9.17, 15) is 14.4 Å². The molecule has 0 radical (unpaired) electrons. The summed E-state index contributed by atoms with van der Waals surface area (Å²) in [7, 11) is 1.32. The van der Waals surface area contributed by atoms with Crippen LogP contribution in [0.25, 0.3) is 11.1 Å². The second-order valence-electron chi connectivity index (χ2n) is 8.05. The summed E-state index contributed by atoms with van der Waals surface area (Å²) < 4.78 is 15.9. The van der Waals surface area contributed by atoms with Crippen LogP contribution in [0.1, 0.15) is 56.5 Å². The van der Waals surface area contributed by atoms with Crippen molar-refractivity contribution in [3.05, 3.63) is 70.1 Å². The Kier molecular flexibility index (Phi) is 7.21. The van der Waals surface area contributed by atoms with E-state index < -0.39 is 23.8 Å². The smallest absolute Gasteiger partial charge is 0.338 e. The molecule has 0 saturated heterocycles. The van der Waals surface area contributed by atoms with E-state index in [0.29, 0.717) is 39.2 Å². The third kappa shape index (κ3) is 4.62. The lowest BCUT2D eigenvalue weighted by Gasteiger charge is -2.31. The van der Waals surface area contributed by atoms with Gasteiger partial charge >= 0.3 is 17.9 Å². The number of methoxy groups -OCH3 is 1. The zero-order chi connectivity index (χ0) is 24.3. The molecule has 0 aromatic heterocycles.